The molecule has 0 spiro atoms. The molecular weight excluding hydrogens is 478 g/mol. The number of piperazine rings is 1. The van der Waals surface area contributed by atoms with Crippen molar-refractivity contribution in [3.8, 4) is 5.75 Å². The van der Waals surface area contributed by atoms with Crippen LogP contribution in [0.2, 0.25) is 0 Å². The number of anilines is 2. The lowest BCUT2D eigenvalue weighted by molar-refractivity contribution is -0.139. The van der Waals surface area contributed by atoms with Crippen LogP contribution in [-0.4, -0.2) is 71.8 Å². The number of thiazole rings is 1. The van der Waals surface area contributed by atoms with E-state index < -0.39 is 11.9 Å². The van der Waals surface area contributed by atoms with Crippen molar-refractivity contribution in [3.63, 3.8) is 0 Å². The fourth-order valence-electron chi connectivity index (χ4n) is 4.04. The topological polar surface area (TPSA) is 104 Å². The summed E-state index contributed by atoms with van der Waals surface area (Å²) in [4.78, 5) is 46.0. The smallest absolute Gasteiger partial charge is 0.271 e. The molecule has 4 rings (SSSR count). The molecule has 1 saturated heterocycles. The Bertz CT molecular complexity index is 1210. The summed E-state index contributed by atoms with van der Waals surface area (Å²) in [6.07, 6.45) is 0.356. The first kappa shape index (κ1) is 25.2. The van der Waals surface area contributed by atoms with Gasteiger partial charge in [0, 0.05) is 44.9 Å². The van der Waals surface area contributed by atoms with E-state index in [2.05, 4.69) is 15.6 Å². The number of carbonyl (C=O) groups is 3. The number of carbonyl (C=O) groups excluding carboxylic acids is 3. The van der Waals surface area contributed by atoms with Crippen LogP contribution >= 0.6 is 11.3 Å². The summed E-state index contributed by atoms with van der Waals surface area (Å²) in [5.41, 5.74) is 1.91. The number of amides is 3. The van der Waals surface area contributed by atoms with Crippen LogP contribution in [0.5, 0.6) is 5.75 Å². The first-order chi connectivity index (χ1) is 17.4. The number of benzene rings is 2. The molecule has 2 heterocycles. The lowest BCUT2D eigenvalue weighted by Crippen LogP contribution is -2.56. The number of nitrogens with zero attached hydrogens (tertiary/aromatic N) is 3. The van der Waals surface area contributed by atoms with Gasteiger partial charge in [-0.05, 0) is 17.7 Å². The number of methoxy groups -OCH3 is 1. The molecule has 1 aliphatic rings. The molecule has 1 aromatic heterocycles. The Balaban J connectivity index is 1.46. The number of aromatic nitrogens is 1. The second kappa shape index (κ2) is 11.7. The molecule has 188 valence electrons. The second-order valence-electron chi connectivity index (χ2n) is 8.41. The molecule has 1 aliphatic heterocycles. The number of ether oxygens (including phenoxy) is 1. The van der Waals surface area contributed by atoms with Crippen molar-refractivity contribution in [3.05, 3.63) is 71.2 Å². The van der Waals surface area contributed by atoms with Gasteiger partial charge in [0.25, 0.3) is 5.91 Å². The highest BCUT2D eigenvalue weighted by atomic mass is 32.1. The van der Waals surface area contributed by atoms with Gasteiger partial charge in [0.05, 0.1) is 12.8 Å². The summed E-state index contributed by atoms with van der Waals surface area (Å²) in [5, 5.41) is 8.26. The lowest BCUT2D eigenvalue weighted by Gasteiger charge is -2.36. The van der Waals surface area contributed by atoms with Crippen LogP contribution in [0, 0.1) is 0 Å². The molecule has 9 nitrogen and oxygen atoms in total. The van der Waals surface area contributed by atoms with E-state index in [-0.39, 0.29) is 17.5 Å². The zero-order valence-corrected chi connectivity index (χ0v) is 21.1. The third-order valence-corrected chi connectivity index (χ3v) is 6.77. The zero-order valence-electron chi connectivity index (χ0n) is 20.3. The van der Waals surface area contributed by atoms with Crippen LogP contribution in [0.4, 0.5) is 10.8 Å². The van der Waals surface area contributed by atoms with Gasteiger partial charge in [-0.2, -0.15) is 0 Å². The molecule has 36 heavy (non-hydrogen) atoms. The van der Waals surface area contributed by atoms with Crippen molar-refractivity contribution in [1.82, 2.24) is 20.1 Å². The van der Waals surface area contributed by atoms with E-state index in [1.807, 2.05) is 54.6 Å². The Kier molecular flexibility index (Phi) is 8.17. The number of hydrogen-bond donors (Lipinski definition) is 2. The molecule has 0 radical (unpaired) electrons. The maximum Gasteiger partial charge on any atom is 0.271 e. The Morgan fingerprint density at radius 2 is 1.67 bits per heavy atom. The van der Waals surface area contributed by atoms with E-state index >= 15 is 0 Å². The van der Waals surface area contributed by atoms with Gasteiger partial charge in [-0.15, -0.1) is 11.3 Å². The van der Waals surface area contributed by atoms with Gasteiger partial charge in [-0.1, -0.05) is 42.5 Å². The average Bonchev–Trinajstić information content (AvgIpc) is 3.37. The minimum atomic E-state index is -0.754. The number of rotatable bonds is 8. The molecule has 1 atom stereocenters. The maximum absolute atomic E-state index is 13.4. The van der Waals surface area contributed by atoms with Gasteiger partial charge in [0.1, 0.15) is 17.5 Å². The van der Waals surface area contributed by atoms with E-state index in [1.165, 1.54) is 18.3 Å². The highest BCUT2D eigenvalue weighted by Gasteiger charge is 2.30. The molecule has 2 aromatic carbocycles. The molecule has 3 amide bonds. The van der Waals surface area contributed by atoms with Gasteiger partial charge < -0.3 is 25.2 Å². The quantitative estimate of drug-likeness (QED) is 0.486. The third kappa shape index (κ3) is 6.19. The fourth-order valence-corrected chi connectivity index (χ4v) is 4.75. The molecule has 3 aromatic rings. The maximum atomic E-state index is 13.4. The SMILES string of the molecule is COc1ccccc1Nc1nc(C(=O)NC(Cc2ccccc2)C(=O)N2CCN(C(C)=O)CC2)cs1. The van der Waals surface area contributed by atoms with Gasteiger partial charge in [-0.3, -0.25) is 14.4 Å². The summed E-state index contributed by atoms with van der Waals surface area (Å²) in [6.45, 7) is 3.36. The molecule has 0 aliphatic carbocycles. The van der Waals surface area contributed by atoms with Gasteiger partial charge in [-0.25, -0.2) is 4.98 Å². The van der Waals surface area contributed by atoms with Crippen LogP contribution in [-0.2, 0) is 16.0 Å². The van der Waals surface area contributed by atoms with E-state index in [0.717, 1.165) is 11.3 Å². The largest absolute Gasteiger partial charge is 0.495 e. The Morgan fingerprint density at radius 3 is 2.36 bits per heavy atom. The number of para-hydroxylation sites is 2. The van der Waals surface area contributed by atoms with E-state index in [9.17, 15) is 14.4 Å². The van der Waals surface area contributed by atoms with Crippen molar-refractivity contribution >= 4 is 39.9 Å². The van der Waals surface area contributed by atoms with Crippen molar-refractivity contribution in [2.24, 2.45) is 0 Å². The van der Waals surface area contributed by atoms with Crippen molar-refractivity contribution in [1.29, 1.82) is 0 Å². The van der Waals surface area contributed by atoms with Crippen molar-refractivity contribution in [2.45, 2.75) is 19.4 Å². The average molecular weight is 508 g/mol. The first-order valence-corrected chi connectivity index (χ1v) is 12.6. The molecule has 0 bridgehead atoms. The van der Waals surface area contributed by atoms with Gasteiger partial charge >= 0.3 is 0 Å². The molecule has 1 unspecified atom stereocenters. The third-order valence-electron chi connectivity index (χ3n) is 6.01. The van der Waals surface area contributed by atoms with Crippen LogP contribution in [0.25, 0.3) is 0 Å². The predicted molar refractivity (Wildman–Crippen MR) is 139 cm³/mol. The van der Waals surface area contributed by atoms with Crippen LogP contribution in [0.1, 0.15) is 23.0 Å². The summed E-state index contributed by atoms with van der Waals surface area (Å²) in [7, 11) is 1.59. The molecule has 10 heteroatoms. The van der Waals surface area contributed by atoms with Crippen molar-refractivity contribution in [2.75, 3.05) is 38.6 Å². The van der Waals surface area contributed by atoms with Gasteiger partial charge in [0.2, 0.25) is 11.8 Å². The van der Waals surface area contributed by atoms with Crippen LogP contribution < -0.4 is 15.4 Å². The lowest BCUT2D eigenvalue weighted by atomic mass is 10.0. The Morgan fingerprint density at radius 1 is 1.00 bits per heavy atom. The van der Waals surface area contributed by atoms with Crippen LogP contribution in [0.3, 0.4) is 0 Å². The Hall–Kier alpha value is -3.92. The highest BCUT2D eigenvalue weighted by Crippen LogP contribution is 2.28. The van der Waals surface area contributed by atoms with E-state index in [1.54, 1.807) is 22.3 Å². The van der Waals surface area contributed by atoms with Gasteiger partial charge in [0.15, 0.2) is 5.13 Å². The van der Waals surface area contributed by atoms with Crippen LogP contribution in [0.15, 0.2) is 60.0 Å². The minimum Gasteiger partial charge on any atom is -0.495 e. The summed E-state index contributed by atoms with van der Waals surface area (Å²) in [5.74, 6) is 0.0726. The Labute approximate surface area is 214 Å². The zero-order chi connectivity index (χ0) is 25.5. The summed E-state index contributed by atoms with van der Waals surface area (Å²) in [6, 6.07) is 16.3. The van der Waals surface area contributed by atoms with E-state index in [0.29, 0.717) is 43.5 Å². The fraction of sp³-hybridized carbons (Fsp3) is 0.308. The summed E-state index contributed by atoms with van der Waals surface area (Å²) < 4.78 is 5.36. The number of hydrogen-bond acceptors (Lipinski definition) is 7. The number of nitrogens with one attached hydrogen (secondary N) is 2. The molecular formula is C26H29N5O4S. The predicted octanol–water partition coefficient (Wildman–Crippen LogP) is 2.93. The molecule has 1 fully saturated rings. The minimum absolute atomic E-state index is 0.00249. The molecule has 0 saturated carbocycles. The summed E-state index contributed by atoms with van der Waals surface area (Å²) >= 11 is 1.29. The highest BCUT2D eigenvalue weighted by molar-refractivity contribution is 7.14. The van der Waals surface area contributed by atoms with Crippen molar-refractivity contribution < 1.29 is 19.1 Å². The van der Waals surface area contributed by atoms with E-state index in [4.69, 9.17) is 4.74 Å². The second-order valence-corrected chi connectivity index (χ2v) is 9.27. The molecule has 2 N–H and O–H groups in total. The standard InChI is InChI=1S/C26H29N5O4S/c1-18(32)30-12-14-31(15-13-30)25(34)21(16-19-8-4-3-5-9-19)27-24(33)22-17-36-26(29-22)28-20-10-6-7-11-23(20)35-2/h3-11,17,21H,12-16H2,1-2H3,(H,27,33)(H,28,29). The normalized spacial score (nSPS) is 14.2. The monoisotopic (exact) mass is 507 g/mol. The first-order valence-electron chi connectivity index (χ1n) is 11.7.